The standard InChI is InChI=1S/C18H15ClN4O3/c1-11-3-6-15(23(25)26)9-17(11)20-18(24)16-10-22(21-12(16)2)14-7-4-13(19)5-8-14/h3-10H,1-2H3,(H,20,24). The highest BCUT2D eigenvalue weighted by atomic mass is 35.5. The molecule has 0 aliphatic carbocycles. The van der Waals surface area contributed by atoms with Gasteiger partial charge in [0.2, 0.25) is 0 Å². The number of hydrogen-bond donors (Lipinski definition) is 1. The summed E-state index contributed by atoms with van der Waals surface area (Å²) >= 11 is 5.88. The number of amides is 1. The molecule has 0 unspecified atom stereocenters. The maximum atomic E-state index is 12.6. The Morgan fingerprint density at radius 2 is 1.88 bits per heavy atom. The molecule has 0 aliphatic rings. The topological polar surface area (TPSA) is 90.1 Å². The van der Waals surface area contributed by atoms with Crippen LogP contribution in [-0.4, -0.2) is 20.6 Å². The van der Waals surface area contributed by atoms with Crippen molar-refractivity contribution >= 4 is 28.9 Å². The van der Waals surface area contributed by atoms with E-state index in [4.69, 9.17) is 11.6 Å². The summed E-state index contributed by atoms with van der Waals surface area (Å²) in [4.78, 5) is 23.0. The lowest BCUT2D eigenvalue weighted by Gasteiger charge is -2.07. The predicted molar refractivity (Wildman–Crippen MR) is 99.1 cm³/mol. The number of nitrogens with zero attached hydrogens (tertiary/aromatic N) is 3. The van der Waals surface area contributed by atoms with Crippen LogP contribution in [0.4, 0.5) is 11.4 Å². The summed E-state index contributed by atoms with van der Waals surface area (Å²) in [5, 5.41) is 18.6. The van der Waals surface area contributed by atoms with Crippen LogP contribution in [0.2, 0.25) is 5.02 Å². The van der Waals surface area contributed by atoms with Gasteiger partial charge in [0, 0.05) is 23.4 Å². The highest BCUT2D eigenvalue weighted by Gasteiger charge is 2.17. The third kappa shape index (κ3) is 3.57. The molecule has 0 atom stereocenters. The minimum Gasteiger partial charge on any atom is -0.321 e. The molecule has 1 amide bonds. The van der Waals surface area contributed by atoms with E-state index < -0.39 is 4.92 Å². The minimum atomic E-state index is -0.501. The number of carbonyl (C=O) groups excluding carboxylic acids is 1. The molecule has 3 rings (SSSR count). The molecule has 1 heterocycles. The number of hydrogen-bond acceptors (Lipinski definition) is 4. The molecule has 26 heavy (non-hydrogen) atoms. The van der Waals surface area contributed by atoms with Gasteiger partial charge in [0.05, 0.1) is 27.6 Å². The van der Waals surface area contributed by atoms with Crippen LogP contribution in [0.25, 0.3) is 5.69 Å². The fraction of sp³-hybridized carbons (Fsp3) is 0.111. The zero-order valence-electron chi connectivity index (χ0n) is 14.1. The average Bonchev–Trinajstić information content (AvgIpc) is 2.99. The molecule has 7 nitrogen and oxygen atoms in total. The van der Waals surface area contributed by atoms with Crippen LogP contribution in [0.3, 0.4) is 0 Å². The molecule has 0 bridgehead atoms. The Balaban J connectivity index is 1.88. The van der Waals surface area contributed by atoms with E-state index in [1.807, 2.05) is 0 Å². The Bertz CT molecular complexity index is 996. The molecule has 0 saturated heterocycles. The lowest BCUT2D eigenvalue weighted by atomic mass is 10.1. The second kappa shape index (κ2) is 6.97. The van der Waals surface area contributed by atoms with Gasteiger partial charge in [0.1, 0.15) is 0 Å². The summed E-state index contributed by atoms with van der Waals surface area (Å²) in [5.41, 5.74) is 2.73. The van der Waals surface area contributed by atoms with Crippen molar-refractivity contribution in [2.45, 2.75) is 13.8 Å². The molecule has 2 aromatic carbocycles. The van der Waals surface area contributed by atoms with Crippen LogP contribution in [0.5, 0.6) is 0 Å². The van der Waals surface area contributed by atoms with Crippen molar-refractivity contribution in [1.82, 2.24) is 9.78 Å². The normalized spacial score (nSPS) is 10.6. The van der Waals surface area contributed by atoms with Crippen molar-refractivity contribution in [2.24, 2.45) is 0 Å². The largest absolute Gasteiger partial charge is 0.321 e. The molecule has 3 aromatic rings. The summed E-state index contributed by atoms with van der Waals surface area (Å²) in [6, 6.07) is 11.4. The zero-order chi connectivity index (χ0) is 18.8. The Labute approximate surface area is 154 Å². The first-order valence-electron chi connectivity index (χ1n) is 7.74. The SMILES string of the molecule is Cc1ccc([N+](=O)[O-])cc1NC(=O)c1cn(-c2ccc(Cl)cc2)nc1C. The maximum Gasteiger partial charge on any atom is 0.271 e. The fourth-order valence-electron chi connectivity index (χ4n) is 2.46. The van der Waals surface area contributed by atoms with Gasteiger partial charge in [-0.3, -0.25) is 14.9 Å². The Kier molecular flexibility index (Phi) is 4.73. The number of rotatable bonds is 4. The number of aromatic nitrogens is 2. The minimum absolute atomic E-state index is 0.0838. The van der Waals surface area contributed by atoms with E-state index in [0.29, 0.717) is 22.0 Å². The van der Waals surface area contributed by atoms with Gasteiger partial charge in [-0.15, -0.1) is 0 Å². The van der Waals surface area contributed by atoms with Crippen LogP contribution >= 0.6 is 11.6 Å². The number of benzene rings is 2. The molecule has 8 heteroatoms. The highest BCUT2D eigenvalue weighted by Crippen LogP contribution is 2.23. The van der Waals surface area contributed by atoms with E-state index in [1.165, 1.54) is 12.1 Å². The number of non-ortho nitro benzene ring substituents is 1. The van der Waals surface area contributed by atoms with E-state index in [0.717, 1.165) is 11.3 Å². The highest BCUT2D eigenvalue weighted by molar-refractivity contribution is 6.30. The molecule has 0 aliphatic heterocycles. The first-order valence-corrected chi connectivity index (χ1v) is 8.11. The lowest BCUT2D eigenvalue weighted by molar-refractivity contribution is -0.384. The Morgan fingerprint density at radius 3 is 2.54 bits per heavy atom. The van der Waals surface area contributed by atoms with Crippen molar-refractivity contribution in [3.63, 3.8) is 0 Å². The molecule has 0 spiro atoms. The number of halogens is 1. The van der Waals surface area contributed by atoms with Gasteiger partial charge in [0.25, 0.3) is 11.6 Å². The summed E-state index contributed by atoms with van der Waals surface area (Å²) < 4.78 is 1.58. The van der Waals surface area contributed by atoms with Crippen molar-refractivity contribution in [1.29, 1.82) is 0 Å². The number of nitro groups is 1. The monoisotopic (exact) mass is 370 g/mol. The van der Waals surface area contributed by atoms with E-state index in [9.17, 15) is 14.9 Å². The van der Waals surface area contributed by atoms with Crippen molar-refractivity contribution in [3.8, 4) is 5.69 Å². The van der Waals surface area contributed by atoms with Crippen molar-refractivity contribution in [3.05, 3.63) is 80.6 Å². The fourth-order valence-corrected chi connectivity index (χ4v) is 2.58. The van der Waals surface area contributed by atoms with Gasteiger partial charge in [-0.05, 0) is 43.7 Å². The van der Waals surface area contributed by atoms with E-state index in [-0.39, 0.29) is 11.6 Å². The molecule has 1 N–H and O–H groups in total. The molecule has 132 valence electrons. The van der Waals surface area contributed by atoms with E-state index >= 15 is 0 Å². The van der Waals surface area contributed by atoms with Gasteiger partial charge >= 0.3 is 0 Å². The van der Waals surface area contributed by atoms with Crippen molar-refractivity contribution < 1.29 is 9.72 Å². The van der Waals surface area contributed by atoms with Crippen LogP contribution in [-0.2, 0) is 0 Å². The molecule has 1 aromatic heterocycles. The molecular formula is C18H15ClN4O3. The number of anilines is 1. The Morgan fingerprint density at radius 1 is 1.19 bits per heavy atom. The smallest absolute Gasteiger partial charge is 0.271 e. The lowest BCUT2D eigenvalue weighted by Crippen LogP contribution is -2.13. The summed E-state index contributed by atoms with van der Waals surface area (Å²) in [5.74, 6) is -0.383. The first-order chi connectivity index (χ1) is 12.3. The number of nitrogens with one attached hydrogen (secondary N) is 1. The number of nitro benzene ring substituents is 1. The quantitative estimate of drug-likeness (QED) is 0.547. The third-order valence-electron chi connectivity index (χ3n) is 3.91. The third-order valence-corrected chi connectivity index (χ3v) is 4.17. The van der Waals surface area contributed by atoms with E-state index in [1.54, 1.807) is 55.1 Å². The van der Waals surface area contributed by atoms with Crippen molar-refractivity contribution in [2.75, 3.05) is 5.32 Å². The first kappa shape index (κ1) is 17.6. The molecular weight excluding hydrogens is 356 g/mol. The van der Waals surface area contributed by atoms with Crippen LogP contribution in [0.1, 0.15) is 21.6 Å². The maximum absolute atomic E-state index is 12.6. The Hall–Kier alpha value is -3.19. The molecule has 0 saturated carbocycles. The number of carbonyl (C=O) groups is 1. The summed E-state index contributed by atoms with van der Waals surface area (Å²) in [6.45, 7) is 3.49. The van der Waals surface area contributed by atoms with Crippen LogP contribution in [0, 0.1) is 24.0 Å². The summed E-state index contributed by atoms with van der Waals surface area (Å²) in [6.07, 6.45) is 1.61. The van der Waals surface area contributed by atoms with Gasteiger partial charge < -0.3 is 5.32 Å². The van der Waals surface area contributed by atoms with Crippen LogP contribution in [0.15, 0.2) is 48.7 Å². The van der Waals surface area contributed by atoms with Gasteiger partial charge in [-0.25, -0.2) is 4.68 Å². The zero-order valence-corrected chi connectivity index (χ0v) is 14.8. The average molecular weight is 371 g/mol. The number of aryl methyl sites for hydroxylation is 2. The predicted octanol–water partition coefficient (Wildman–Crippen LogP) is 4.30. The second-order valence-electron chi connectivity index (χ2n) is 5.76. The van der Waals surface area contributed by atoms with E-state index in [2.05, 4.69) is 10.4 Å². The molecule has 0 radical (unpaired) electrons. The van der Waals surface area contributed by atoms with Gasteiger partial charge in [0.15, 0.2) is 0 Å². The second-order valence-corrected chi connectivity index (χ2v) is 6.20. The van der Waals surface area contributed by atoms with Gasteiger partial charge in [-0.1, -0.05) is 17.7 Å². The van der Waals surface area contributed by atoms with Gasteiger partial charge in [-0.2, -0.15) is 5.10 Å². The summed E-state index contributed by atoms with van der Waals surface area (Å²) in [7, 11) is 0. The molecule has 0 fully saturated rings. The van der Waals surface area contributed by atoms with Crippen LogP contribution < -0.4 is 5.32 Å².